The topological polar surface area (TPSA) is 92.4 Å². The van der Waals surface area contributed by atoms with Crippen molar-refractivity contribution in [1.29, 1.82) is 0 Å². The summed E-state index contributed by atoms with van der Waals surface area (Å²) in [6, 6.07) is 15.7. The monoisotopic (exact) mass is 392 g/mol. The third kappa shape index (κ3) is 4.31. The van der Waals surface area contributed by atoms with Crippen LogP contribution in [0, 0.1) is 5.92 Å². The highest BCUT2D eigenvalue weighted by molar-refractivity contribution is 5.77. The predicted octanol–water partition coefficient (Wildman–Crippen LogP) is 4.07. The Morgan fingerprint density at radius 2 is 1.79 bits per heavy atom. The number of imidazole rings is 1. The number of hydrogen-bond donors (Lipinski definition) is 2. The van der Waals surface area contributed by atoms with E-state index >= 15 is 0 Å². The minimum atomic E-state index is -0.799. The van der Waals surface area contributed by atoms with Crippen LogP contribution in [0.3, 0.4) is 0 Å². The van der Waals surface area contributed by atoms with E-state index in [0.717, 1.165) is 40.8 Å². The van der Waals surface area contributed by atoms with Gasteiger partial charge in [-0.1, -0.05) is 36.4 Å². The summed E-state index contributed by atoms with van der Waals surface area (Å²) in [7, 11) is 0. The molecule has 150 valence electrons. The summed E-state index contributed by atoms with van der Waals surface area (Å²) in [5.74, 6) is -0.826. The highest BCUT2D eigenvalue weighted by atomic mass is 16.4. The highest BCUT2D eigenvalue weighted by Gasteiger charge is 2.37. The summed E-state index contributed by atoms with van der Waals surface area (Å²) in [5, 5.41) is 18.5. The number of fused-ring (bicyclic) bond motifs is 1. The number of nitrogens with zero attached hydrogens (tertiary/aromatic N) is 2. The lowest BCUT2D eigenvalue weighted by Crippen LogP contribution is -2.13. The molecule has 1 unspecified atom stereocenters. The molecule has 0 bridgehead atoms. The third-order valence-electron chi connectivity index (χ3n) is 5.56. The van der Waals surface area contributed by atoms with Gasteiger partial charge in [0.25, 0.3) is 0 Å². The average Bonchev–Trinajstić information content (AvgIpc) is 3.46. The van der Waals surface area contributed by atoms with Crippen LogP contribution in [-0.2, 0) is 22.6 Å². The number of rotatable bonds is 9. The van der Waals surface area contributed by atoms with Gasteiger partial charge in [-0.2, -0.15) is 0 Å². The first-order valence-electron chi connectivity index (χ1n) is 10.0. The molecule has 1 aliphatic rings. The smallest absolute Gasteiger partial charge is 0.311 e. The maximum absolute atomic E-state index is 11.6. The molecule has 0 saturated heterocycles. The molecule has 1 fully saturated rings. The lowest BCUT2D eigenvalue weighted by Gasteiger charge is -2.13. The Hall–Kier alpha value is -3.15. The van der Waals surface area contributed by atoms with Gasteiger partial charge in [-0.3, -0.25) is 9.59 Å². The van der Waals surface area contributed by atoms with Gasteiger partial charge in [0.05, 0.1) is 17.0 Å². The maximum Gasteiger partial charge on any atom is 0.311 e. The molecule has 0 radical (unpaired) electrons. The molecule has 6 nitrogen and oxygen atoms in total. The molecule has 1 atom stereocenters. The van der Waals surface area contributed by atoms with Crippen molar-refractivity contribution in [1.82, 2.24) is 9.55 Å². The van der Waals surface area contributed by atoms with E-state index in [1.165, 1.54) is 0 Å². The molecule has 1 heterocycles. The van der Waals surface area contributed by atoms with Crippen LogP contribution in [0.1, 0.15) is 48.6 Å². The zero-order valence-electron chi connectivity index (χ0n) is 16.1. The molecule has 2 aromatic carbocycles. The second kappa shape index (κ2) is 8.07. The van der Waals surface area contributed by atoms with Crippen molar-refractivity contribution in [3.05, 3.63) is 65.5 Å². The number of aromatic nitrogens is 2. The molecule has 0 amide bonds. The van der Waals surface area contributed by atoms with Gasteiger partial charge in [0.2, 0.25) is 0 Å². The van der Waals surface area contributed by atoms with E-state index in [1.807, 2.05) is 48.5 Å². The summed E-state index contributed by atoms with van der Waals surface area (Å²) in [5.41, 5.74) is 3.84. The number of hydrogen-bond acceptors (Lipinski definition) is 3. The Bertz CT molecular complexity index is 1030. The van der Waals surface area contributed by atoms with Crippen molar-refractivity contribution in [2.24, 2.45) is 5.92 Å². The summed E-state index contributed by atoms with van der Waals surface area (Å²) in [6.07, 6.45) is 3.23. The Kier molecular flexibility index (Phi) is 5.34. The molecule has 29 heavy (non-hydrogen) atoms. The van der Waals surface area contributed by atoms with Crippen LogP contribution >= 0.6 is 0 Å². The fourth-order valence-electron chi connectivity index (χ4n) is 3.95. The first kappa shape index (κ1) is 19.2. The van der Waals surface area contributed by atoms with Crippen LogP contribution in [-0.4, -0.2) is 31.7 Å². The molecule has 1 aliphatic carbocycles. The Balaban J connectivity index is 1.58. The van der Waals surface area contributed by atoms with Crippen molar-refractivity contribution < 1.29 is 19.8 Å². The second-order valence-corrected chi connectivity index (χ2v) is 7.75. The van der Waals surface area contributed by atoms with Crippen molar-refractivity contribution in [3.63, 3.8) is 0 Å². The van der Waals surface area contributed by atoms with E-state index in [2.05, 4.69) is 4.57 Å². The van der Waals surface area contributed by atoms with Crippen molar-refractivity contribution in [2.75, 3.05) is 0 Å². The van der Waals surface area contributed by atoms with E-state index in [4.69, 9.17) is 10.1 Å². The number of benzene rings is 2. The minimum absolute atomic E-state index is 0.121. The second-order valence-electron chi connectivity index (χ2n) is 7.75. The van der Waals surface area contributed by atoms with Crippen LogP contribution < -0.4 is 0 Å². The van der Waals surface area contributed by atoms with Gasteiger partial charge >= 0.3 is 11.9 Å². The molecular formula is C23H24N2O4. The summed E-state index contributed by atoms with van der Waals surface area (Å²) in [6.45, 7) is 0.615. The first-order chi connectivity index (χ1) is 14.0. The minimum Gasteiger partial charge on any atom is -0.481 e. The number of aliphatic carboxylic acids is 2. The van der Waals surface area contributed by atoms with Crippen molar-refractivity contribution in [2.45, 2.75) is 44.6 Å². The standard InChI is InChI=1S/C23H24N2O4/c26-21(27)7-3-6-20-24-18-4-1-2-5-19(18)25(20)14-15-8-10-16(11-9-15)22(23(28)29)17-12-13-17/h1-2,4-5,8-11,17,22H,3,6-7,12-14H2,(H,26,27)(H,28,29). The van der Waals surface area contributed by atoms with Gasteiger partial charge in [0.15, 0.2) is 0 Å². The zero-order valence-corrected chi connectivity index (χ0v) is 16.1. The van der Waals surface area contributed by atoms with E-state index in [-0.39, 0.29) is 12.3 Å². The summed E-state index contributed by atoms with van der Waals surface area (Å²) >= 11 is 0. The van der Waals surface area contributed by atoms with E-state index < -0.39 is 17.9 Å². The van der Waals surface area contributed by atoms with Crippen molar-refractivity contribution in [3.8, 4) is 0 Å². The molecule has 6 heteroatoms. The maximum atomic E-state index is 11.6. The molecule has 4 rings (SSSR count). The normalized spacial score (nSPS) is 14.8. The molecule has 1 saturated carbocycles. The summed E-state index contributed by atoms with van der Waals surface area (Å²) < 4.78 is 2.13. The van der Waals surface area contributed by atoms with E-state index in [9.17, 15) is 14.7 Å². The molecule has 0 aliphatic heterocycles. The van der Waals surface area contributed by atoms with E-state index in [1.54, 1.807) is 0 Å². The Morgan fingerprint density at radius 1 is 1.07 bits per heavy atom. The lowest BCUT2D eigenvalue weighted by atomic mass is 9.93. The molecule has 3 aromatic rings. The molecule has 0 spiro atoms. The fraction of sp³-hybridized carbons (Fsp3) is 0.348. The SMILES string of the molecule is O=C(O)CCCc1nc2ccccc2n1Cc1ccc(C(C(=O)O)C2CC2)cc1. The van der Waals surface area contributed by atoms with Gasteiger partial charge in [-0.15, -0.1) is 0 Å². The number of carboxylic acid groups (broad SMARTS) is 2. The molecule has 1 aromatic heterocycles. The van der Waals surface area contributed by atoms with Gasteiger partial charge < -0.3 is 14.8 Å². The Morgan fingerprint density at radius 3 is 2.45 bits per heavy atom. The highest BCUT2D eigenvalue weighted by Crippen LogP contribution is 2.42. The van der Waals surface area contributed by atoms with Gasteiger partial charge in [0.1, 0.15) is 5.82 Å². The van der Waals surface area contributed by atoms with Crippen LogP contribution in [0.25, 0.3) is 11.0 Å². The number of para-hydroxylation sites is 2. The van der Waals surface area contributed by atoms with Crippen LogP contribution in [0.15, 0.2) is 48.5 Å². The number of carboxylic acids is 2. The van der Waals surface area contributed by atoms with Crippen molar-refractivity contribution >= 4 is 23.0 Å². The van der Waals surface area contributed by atoms with Gasteiger partial charge in [0, 0.05) is 19.4 Å². The Labute approximate surface area is 168 Å². The van der Waals surface area contributed by atoms with E-state index in [0.29, 0.717) is 19.4 Å². The van der Waals surface area contributed by atoms with Crippen LogP contribution in [0.5, 0.6) is 0 Å². The van der Waals surface area contributed by atoms with Crippen LogP contribution in [0.2, 0.25) is 0 Å². The fourth-order valence-corrected chi connectivity index (χ4v) is 3.95. The molecule has 2 N–H and O–H groups in total. The van der Waals surface area contributed by atoms with Crippen LogP contribution in [0.4, 0.5) is 0 Å². The average molecular weight is 392 g/mol. The first-order valence-corrected chi connectivity index (χ1v) is 10.0. The number of carbonyl (C=O) groups is 2. The largest absolute Gasteiger partial charge is 0.481 e. The zero-order chi connectivity index (χ0) is 20.4. The lowest BCUT2D eigenvalue weighted by molar-refractivity contribution is -0.139. The van der Waals surface area contributed by atoms with Gasteiger partial charge in [-0.05, 0) is 48.4 Å². The number of aryl methyl sites for hydroxylation is 1. The molecular weight excluding hydrogens is 368 g/mol. The quantitative estimate of drug-likeness (QED) is 0.573. The predicted molar refractivity (Wildman–Crippen MR) is 109 cm³/mol. The summed E-state index contributed by atoms with van der Waals surface area (Å²) in [4.78, 5) is 27.2. The third-order valence-corrected chi connectivity index (χ3v) is 5.56. The van der Waals surface area contributed by atoms with Gasteiger partial charge in [-0.25, -0.2) is 4.98 Å².